The molecule has 1 heterocycles. The van der Waals surface area contributed by atoms with Gasteiger partial charge >= 0.3 is 0 Å². The van der Waals surface area contributed by atoms with Gasteiger partial charge in [0.1, 0.15) is 6.10 Å². The quantitative estimate of drug-likeness (QED) is 0.883. The molecule has 17 heavy (non-hydrogen) atoms. The van der Waals surface area contributed by atoms with E-state index in [0.29, 0.717) is 11.7 Å². The number of aromatic nitrogens is 2. The second-order valence-corrected chi connectivity index (χ2v) is 4.41. The maximum atomic E-state index is 9.30. The molecule has 0 unspecified atom stereocenters. The van der Waals surface area contributed by atoms with Gasteiger partial charge in [0.15, 0.2) is 0 Å². The smallest absolute Gasteiger partial charge is 0.255 e. The van der Waals surface area contributed by atoms with Gasteiger partial charge in [-0.2, -0.15) is 4.98 Å². The lowest BCUT2D eigenvalue weighted by molar-refractivity contribution is 0.152. The van der Waals surface area contributed by atoms with Crippen LogP contribution in [0.2, 0.25) is 0 Å². The normalized spacial score (nSPS) is 13.0. The van der Waals surface area contributed by atoms with Crippen LogP contribution >= 0.6 is 0 Å². The third-order valence-electron chi connectivity index (χ3n) is 2.63. The fraction of sp³-hybridized carbons (Fsp3) is 0.385. The van der Waals surface area contributed by atoms with E-state index in [4.69, 9.17) is 4.52 Å². The molecule has 0 amide bonds. The first-order valence-electron chi connectivity index (χ1n) is 5.70. The molecule has 0 saturated heterocycles. The minimum Gasteiger partial charge on any atom is -0.384 e. The second kappa shape index (κ2) is 4.67. The van der Waals surface area contributed by atoms with Gasteiger partial charge in [0.2, 0.25) is 5.82 Å². The van der Waals surface area contributed by atoms with Crippen molar-refractivity contribution in [2.45, 2.75) is 32.8 Å². The summed E-state index contributed by atoms with van der Waals surface area (Å²) >= 11 is 0. The Morgan fingerprint density at radius 3 is 2.24 bits per heavy atom. The molecule has 1 atom stereocenters. The number of hydrogen-bond acceptors (Lipinski definition) is 4. The largest absolute Gasteiger partial charge is 0.384 e. The van der Waals surface area contributed by atoms with Crippen molar-refractivity contribution in [3.05, 3.63) is 35.7 Å². The lowest BCUT2D eigenvalue weighted by Crippen LogP contribution is -1.91. The second-order valence-electron chi connectivity index (χ2n) is 4.41. The Kier molecular flexibility index (Phi) is 3.24. The summed E-state index contributed by atoms with van der Waals surface area (Å²) < 4.78 is 4.95. The van der Waals surface area contributed by atoms with E-state index in [1.807, 2.05) is 12.1 Å². The van der Waals surface area contributed by atoms with E-state index in [0.717, 1.165) is 5.56 Å². The number of nitrogens with zero attached hydrogens (tertiary/aromatic N) is 2. The molecule has 2 rings (SSSR count). The van der Waals surface area contributed by atoms with Crippen LogP contribution in [0.25, 0.3) is 11.4 Å². The van der Waals surface area contributed by atoms with E-state index in [1.54, 1.807) is 6.92 Å². The van der Waals surface area contributed by atoms with E-state index in [1.165, 1.54) is 5.56 Å². The Balaban J connectivity index is 2.27. The third kappa shape index (κ3) is 2.53. The van der Waals surface area contributed by atoms with Crippen molar-refractivity contribution in [3.8, 4) is 11.4 Å². The summed E-state index contributed by atoms with van der Waals surface area (Å²) in [6.45, 7) is 5.89. The Bertz CT molecular complexity index is 486. The predicted molar refractivity (Wildman–Crippen MR) is 64.5 cm³/mol. The van der Waals surface area contributed by atoms with Gasteiger partial charge < -0.3 is 9.63 Å². The van der Waals surface area contributed by atoms with Gasteiger partial charge in [0.05, 0.1) is 0 Å². The molecular formula is C13H16N2O2. The summed E-state index contributed by atoms with van der Waals surface area (Å²) in [4.78, 5) is 4.13. The standard InChI is InChI=1S/C13H16N2O2/c1-8(2)10-4-6-11(7-5-10)12-14-13(9(3)16)17-15-12/h4-9,16H,1-3H3/t9-/m1/s1. The Hall–Kier alpha value is -1.68. The van der Waals surface area contributed by atoms with Crippen molar-refractivity contribution in [3.63, 3.8) is 0 Å². The fourth-order valence-electron chi connectivity index (χ4n) is 1.54. The van der Waals surface area contributed by atoms with E-state index < -0.39 is 6.10 Å². The Morgan fingerprint density at radius 2 is 1.76 bits per heavy atom. The van der Waals surface area contributed by atoms with Crippen molar-refractivity contribution in [2.75, 3.05) is 0 Å². The fourth-order valence-corrected chi connectivity index (χ4v) is 1.54. The van der Waals surface area contributed by atoms with Gasteiger partial charge in [0, 0.05) is 5.56 Å². The maximum absolute atomic E-state index is 9.30. The molecule has 1 N–H and O–H groups in total. The first kappa shape index (κ1) is 11.8. The first-order valence-corrected chi connectivity index (χ1v) is 5.70. The summed E-state index contributed by atoms with van der Waals surface area (Å²) in [5, 5.41) is 13.1. The van der Waals surface area contributed by atoms with Crippen molar-refractivity contribution in [1.29, 1.82) is 0 Å². The molecule has 0 radical (unpaired) electrons. The van der Waals surface area contributed by atoms with E-state index >= 15 is 0 Å². The Labute approximate surface area is 100 Å². The zero-order chi connectivity index (χ0) is 12.4. The van der Waals surface area contributed by atoms with Crippen LogP contribution in [0.1, 0.15) is 44.2 Å². The molecule has 1 aromatic heterocycles. The lowest BCUT2D eigenvalue weighted by Gasteiger charge is -2.04. The molecular weight excluding hydrogens is 216 g/mol. The molecule has 0 aliphatic carbocycles. The number of hydrogen-bond donors (Lipinski definition) is 1. The van der Waals surface area contributed by atoms with Crippen LogP contribution in [-0.4, -0.2) is 15.2 Å². The third-order valence-corrected chi connectivity index (χ3v) is 2.63. The zero-order valence-electron chi connectivity index (χ0n) is 10.2. The summed E-state index contributed by atoms with van der Waals surface area (Å²) in [5.74, 6) is 1.26. The van der Waals surface area contributed by atoms with Gasteiger partial charge in [-0.25, -0.2) is 0 Å². The van der Waals surface area contributed by atoms with Gasteiger partial charge in [-0.05, 0) is 18.4 Å². The monoisotopic (exact) mass is 232 g/mol. The average Bonchev–Trinajstić information content (AvgIpc) is 2.78. The number of benzene rings is 1. The predicted octanol–water partition coefficient (Wildman–Crippen LogP) is 2.91. The molecule has 0 fully saturated rings. The van der Waals surface area contributed by atoms with Crippen molar-refractivity contribution in [1.82, 2.24) is 10.1 Å². The number of aliphatic hydroxyl groups is 1. The minimum absolute atomic E-state index is 0.243. The zero-order valence-corrected chi connectivity index (χ0v) is 10.2. The van der Waals surface area contributed by atoms with Crippen LogP contribution < -0.4 is 0 Å². The van der Waals surface area contributed by atoms with Crippen LogP contribution in [-0.2, 0) is 0 Å². The molecule has 0 aliphatic rings. The van der Waals surface area contributed by atoms with Crippen molar-refractivity contribution >= 4 is 0 Å². The highest BCUT2D eigenvalue weighted by Crippen LogP contribution is 2.21. The van der Waals surface area contributed by atoms with Crippen LogP contribution in [0.3, 0.4) is 0 Å². The summed E-state index contributed by atoms with van der Waals surface area (Å²) in [7, 11) is 0. The SMILES string of the molecule is CC(C)c1ccc(-c2noc([C@@H](C)O)n2)cc1. The molecule has 2 aromatic rings. The van der Waals surface area contributed by atoms with Gasteiger partial charge in [-0.3, -0.25) is 0 Å². The molecule has 0 aliphatic heterocycles. The van der Waals surface area contributed by atoms with Gasteiger partial charge in [-0.15, -0.1) is 0 Å². The van der Waals surface area contributed by atoms with Gasteiger partial charge in [-0.1, -0.05) is 43.3 Å². The molecule has 4 nitrogen and oxygen atoms in total. The summed E-state index contributed by atoms with van der Waals surface area (Å²) in [6.07, 6.45) is -0.730. The first-order chi connectivity index (χ1) is 8.08. The molecule has 0 bridgehead atoms. The topological polar surface area (TPSA) is 59.2 Å². The molecule has 4 heteroatoms. The van der Waals surface area contributed by atoms with Crippen molar-refractivity contribution in [2.24, 2.45) is 0 Å². The number of rotatable bonds is 3. The maximum Gasteiger partial charge on any atom is 0.255 e. The van der Waals surface area contributed by atoms with E-state index in [-0.39, 0.29) is 5.89 Å². The summed E-state index contributed by atoms with van der Waals surface area (Å²) in [5.41, 5.74) is 2.16. The molecule has 0 spiro atoms. The lowest BCUT2D eigenvalue weighted by atomic mass is 10.0. The van der Waals surface area contributed by atoms with Crippen LogP contribution in [0.15, 0.2) is 28.8 Å². The Morgan fingerprint density at radius 1 is 1.12 bits per heavy atom. The van der Waals surface area contributed by atoms with Crippen LogP contribution in [0.4, 0.5) is 0 Å². The highest BCUT2D eigenvalue weighted by atomic mass is 16.5. The minimum atomic E-state index is -0.730. The average molecular weight is 232 g/mol. The molecule has 1 aromatic carbocycles. The van der Waals surface area contributed by atoms with Crippen LogP contribution in [0.5, 0.6) is 0 Å². The molecule has 0 saturated carbocycles. The van der Waals surface area contributed by atoms with E-state index in [2.05, 4.69) is 36.1 Å². The highest BCUT2D eigenvalue weighted by molar-refractivity contribution is 5.54. The van der Waals surface area contributed by atoms with E-state index in [9.17, 15) is 5.11 Å². The highest BCUT2D eigenvalue weighted by Gasteiger charge is 2.12. The summed E-state index contributed by atoms with van der Waals surface area (Å²) in [6, 6.07) is 8.04. The number of aliphatic hydroxyl groups excluding tert-OH is 1. The van der Waals surface area contributed by atoms with Gasteiger partial charge in [0.25, 0.3) is 5.89 Å². The van der Waals surface area contributed by atoms with Crippen molar-refractivity contribution < 1.29 is 9.63 Å². The van der Waals surface area contributed by atoms with Crippen LogP contribution in [0, 0.1) is 0 Å². The molecule has 90 valence electrons.